The maximum atomic E-state index is 11.7. The zero-order chi connectivity index (χ0) is 13.0. The smallest absolute Gasteiger partial charge is 0.329 e. The Labute approximate surface area is 106 Å². The number of rotatable bonds is 4. The van der Waals surface area contributed by atoms with E-state index in [-0.39, 0.29) is 6.03 Å². The van der Waals surface area contributed by atoms with Crippen molar-refractivity contribution < 1.29 is 19.4 Å². The molecule has 0 bridgehead atoms. The maximum absolute atomic E-state index is 11.7. The molecule has 6 heteroatoms. The highest BCUT2D eigenvalue weighted by Crippen LogP contribution is 2.31. The highest BCUT2D eigenvalue weighted by Gasteiger charge is 2.45. The summed E-state index contributed by atoms with van der Waals surface area (Å²) in [6.45, 7) is 2.01. The Morgan fingerprint density at radius 3 is 2.61 bits per heavy atom. The second-order valence-electron chi connectivity index (χ2n) is 5.16. The molecule has 18 heavy (non-hydrogen) atoms. The predicted octanol–water partition coefficient (Wildman–Crippen LogP) is 0.719. The van der Waals surface area contributed by atoms with Gasteiger partial charge in [0.25, 0.3) is 0 Å². The van der Waals surface area contributed by atoms with E-state index in [0.717, 1.165) is 25.9 Å². The fourth-order valence-electron chi connectivity index (χ4n) is 2.39. The van der Waals surface area contributed by atoms with Gasteiger partial charge in [-0.1, -0.05) is 0 Å². The summed E-state index contributed by atoms with van der Waals surface area (Å²) in [7, 11) is 0. The van der Waals surface area contributed by atoms with E-state index in [2.05, 4.69) is 10.6 Å². The van der Waals surface area contributed by atoms with Crippen molar-refractivity contribution >= 4 is 12.0 Å². The van der Waals surface area contributed by atoms with Crippen LogP contribution in [0.25, 0.3) is 0 Å². The molecule has 6 nitrogen and oxygen atoms in total. The summed E-state index contributed by atoms with van der Waals surface area (Å²) in [5.41, 5.74) is -1.03. The number of ether oxygens (including phenoxy) is 1. The van der Waals surface area contributed by atoms with Gasteiger partial charge in [0.15, 0.2) is 0 Å². The average molecular weight is 256 g/mol. The molecule has 0 radical (unpaired) electrons. The van der Waals surface area contributed by atoms with Crippen molar-refractivity contribution in [2.24, 2.45) is 5.92 Å². The molecule has 0 aromatic rings. The van der Waals surface area contributed by atoms with Crippen molar-refractivity contribution in [1.29, 1.82) is 0 Å². The lowest BCUT2D eigenvalue weighted by molar-refractivity contribution is -0.148. The third-order valence-electron chi connectivity index (χ3n) is 3.78. The van der Waals surface area contributed by atoms with Crippen LogP contribution in [-0.2, 0) is 9.53 Å². The molecule has 1 heterocycles. The number of hydrogen-bond donors (Lipinski definition) is 3. The summed E-state index contributed by atoms with van der Waals surface area (Å²) in [5, 5.41) is 14.4. The lowest BCUT2D eigenvalue weighted by atomic mass is 9.77. The second-order valence-corrected chi connectivity index (χ2v) is 5.16. The molecule has 2 rings (SSSR count). The van der Waals surface area contributed by atoms with Crippen molar-refractivity contribution in [2.75, 3.05) is 19.8 Å². The van der Waals surface area contributed by atoms with Crippen LogP contribution in [-0.4, -0.2) is 42.4 Å². The summed E-state index contributed by atoms with van der Waals surface area (Å²) >= 11 is 0. The lowest BCUT2D eigenvalue weighted by Crippen LogP contribution is -2.61. The fraction of sp³-hybridized carbons (Fsp3) is 0.833. The topological polar surface area (TPSA) is 87.7 Å². The lowest BCUT2D eigenvalue weighted by Gasteiger charge is -2.38. The van der Waals surface area contributed by atoms with Gasteiger partial charge in [0, 0.05) is 13.2 Å². The molecule has 3 N–H and O–H groups in total. The van der Waals surface area contributed by atoms with Crippen LogP contribution >= 0.6 is 0 Å². The third-order valence-corrected chi connectivity index (χ3v) is 3.78. The number of carbonyl (C=O) groups is 2. The van der Waals surface area contributed by atoms with Gasteiger partial charge < -0.3 is 20.5 Å². The number of aliphatic carboxylic acids is 1. The Hall–Kier alpha value is -1.30. The van der Waals surface area contributed by atoms with Crippen LogP contribution in [0.5, 0.6) is 0 Å². The van der Waals surface area contributed by atoms with Crippen LogP contribution in [0.15, 0.2) is 0 Å². The molecule has 1 saturated heterocycles. The minimum atomic E-state index is -1.03. The number of amides is 2. The summed E-state index contributed by atoms with van der Waals surface area (Å²) in [5.74, 6) is -0.600. The largest absolute Gasteiger partial charge is 0.480 e. The Balaban J connectivity index is 1.73. The van der Waals surface area contributed by atoms with Crippen LogP contribution in [0.1, 0.15) is 32.1 Å². The molecule has 1 atom stereocenters. The van der Waals surface area contributed by atoms with Crippen molar-refractivity contribution in [3.8, 4) is 0 Å². The number of urea groups is 1. The predicted molar refractivity (Wildman–Crippen MR) is 64.3 cm³/mol. The number of carboxylic acid groups (broad SMARTS) is 1. The highest BCUT2D eigenvalue weighted by atomic mass is 16.5. The van der Waals surface area contributed by atoms with Crippen molar-refractivity contribution in [2.45, 2.75) is 37.6 Å². The molecule has 2 fully saturated rings. The highest BCUT2D eigenvalue weighted by molar-refractivity contribution is 5.87. The van der Waals surface area contributed by atoms with Gasteiger partial charge in [-0.3, -0.25) is 0 Å². The molecule has 1 saturated carbocycles. The quantitative estimate of drug-likeness (QED) is 0.691. The van der Waals surface area contributed by atoms with E-state index < -0.39 is 11.5 Å². The summed E-state index contributed by atoms with van der Waals surface area (Å²) < 4.78 is 5.32. The minimum absolute atomic E-state index is 0.340. The van der Waals surface area contributed by atoms with E-state index in [0.29, 0.717) is 31.9 Å². The third kappa shape index (κ3) is 2.93. The second kappa shape index (κ2) is 5.56. The Bertz CT molecular complexity index is 322. The van der Waals surface area contributed by atoms with Gasteiger partial charge in [-0.2, -0.15) is 0 Å². The Morgan fingerprint density at radius 2 is 2.11 bits per heavy atom. The Morgan fingerprint density at radius 1 is 1.33 bits per heavy atom. The molecular weight excluding hydrogens is 236 g/mol. The van der Waals surface area contributed by atoms with E-state index in [9.17, 15) is 9.59 Å². The Kier molecular flexibility index (Phi) is 4.06. The van der Waals surface area contributed by atoms with Crippen LogP contribution in [0.4, 0.5) is 4.79 Å². The van der Waals surface area contributed by atoms with Crippen LogP contribution in [0, 0.1) is 5.92 Å². The SMILES string of the molecule is O=C(NCC1CCCOC1)NC1(C(=O)O)CCC1. The molecule has 2 amide bonds. The average Bonchev–Trinajstić information content (AvgIpc) is 2.32. The van der Waals surface area contributed by atoms with Crippen molar-refractivity contribution in [3.05, 3.63) is 0 Å². The molecule has 0 spiro atoms. The van der Waals surface area contributed by atoms with Crippen LogP contribution < -0.4 is 10.6 Å². The molecule has 0 aromatic carbocycles. The minimum Gasteiger partial charge on any atom is -0.480 e. The van der Waals surface area contributed by atoms with E-state index in [1.807, 2.05) is 0 Å². The van der Waals surface area contributed by atoms with Crippen molar-refractivity contribution in [3.63, 3.8) is 0 Å². The first-order chi connectivity index (χ1) is 8.62. The van der Waals surface area contributed by atoms with E-state index >= 15 is 0 Å². The molecule has 0 aromatic heterocycles. The fourth-order valence-corrected chi connectivity index (χ4v) is 2.39. The summed E-state index contributed by atoms with van der Waals surface area (Å²) in [4.78, 5) is 22.8. The van der Waals surface area contributed by atoms with Crippen molar-refractivity contribution in [1.82, 2.24) is 10.6 Å². The molecular formula is C12H20N2O4. The molecule has 102 valence electrons. The van der Waals surface area contributed by atoms with E-state index in [1.165, 1.54) is 0 Å². The molecule has 1 aliphatic carbocycles. The monoisotopic (exact) mass is 256 g/mol. The van der Waals surface area contributed by atoms with Gasteiger partial charge in [0.05, 0.1) is 6.61 Å². The zero-order valence-electron chi connectivity index (χ0n) is 10.4. The zero-order valence-corrected chi connectivity index (χ0v) is 10.4. The number of carbonyl (C=O) groups excluding carboxylic acids is 1. The molecule has 1 aliphatic heterocycles. The van der Waals surface area contributed by atoms with E-state index in [1.54, 1.807) is 0 Å². The number of hydrogen-bond acceptors (Lipinski definition) is 3. The summed E-state index contributed by atoms with van der Waals surface area (Å²) in [6, 6.07) is -0.386. The van der Waals surface area contributed by atoms with Gasteiger partial charge >= 0.3 is 12.0 Å². The van der Waals surface area contributed by atoms with Crippen LogP contribution in [0.3, 0.4) is 0 Å². The molecule has 1 unspecified atom stereocenters. The van der Waals surface area contributed by atoms with Gasteiger partial charge in [0.1, 0.15) is 5.54 Å². The molecule has 2 aliphatic rings. The standard InChI is InChI=1S/C12H20N2O4/c15-10(16)12(4-2-5-12)14-11(17)13-7-9-3-1-6-18-8-9/h9H,1-8H2,(H,15,16)(H2,13,14,17). The number of carboxylic acids is 1. The van der Waals surface area contributed by atoms with Gasteiger partial charge in [-0.15, -0.1) is 0 Å². The van der Waals surface area contributed by atoms with Crippen LogP contribution in [0.2, 0.25) is 0 Å². The van der Waals surface area contributed by atoms with Gasteiger partial charge in [-0.05, 0) is 38.0 Å². The maximum Gasteiger partial charge on any atom is 0.329 e. The normalized spacial score (nSPS) is 25.9. The van der Waals surface area contributed by atoms with E-state index in [4.69, 9.17) is 9.84 Å². The number of nitrogens with one attached hydrogen (secondary N) is 2. The first kappa shape index (κ1) is 13.1. The first-order valence-corrected chi connectivity index (χ1v) is 6.49. The summed E-state index contributed by atoms with van der Waals surface area (Å²) in [6.07, 6.45) is 3.95. The van der Waals surface area contributed by atoms with Gasteiger partial charge in [0.2, 0.25) is 0 Å². The van der Waals surface area contributed by atoms with Gasteiger partial charge in [-0.25, -0.2) is 9.59 Å². The first-order valence-electron chi connectivity index (χ1n) is 6.49.